The lowest BCUT2D eigenvalue weighted by atomic mass is 10.1. The fourth-order valence-electron chi connectivity index (χ4n) is 1.85. The number of ether oxygens (including phenoxy) is 2. The third-order valence-electron chi connectivity index (χ3n) is 3.09. The van der Waals surface area contributed by atoms with Crippen molar-refractivity contribution >= 4 is 12.0 Å². The summed E-state index contributed by atoms with van der Waals surface area (Å²) in [7, 11) is 1.51. The van der Waals surface area contributed by atoms with Gasteiger partial charge in [-0.15, -0.1) is 0 Å². The molecule has 0 radical (unpaired) electrons. The van der Waals surface area contributed by atoms with Gasteiger partial charge in [-0.3, -0.25) is 4.79 Å². The molecule has 0 saturated carbocycles. The molecule has 1 N–H and O–H groups in total. The number of hydrogen-bond acceptors (Lipinski definition) is 4. The first-order valence-corrected chi connectivity index (χ1v) is 6.33. The Labute approximate surface area is 108 Å². The third kappa shape index (κ3) is 4.18. The predicted molar refractivity (Wildman–Crippen MR) is 66.2 cm³/mol. The van der Waals surface area contributed by atoms with Gasteiger partial charge in [0.05, 0.1) is 6.61 Å². The molecule has 18 heavy (non-hydrogen) atoms. The molecule has 1 heterocycles. The van der Waals surface area contributed by atoms with Crippen LogP contribution in [0, 0.1) is 0 Å². The fraction of sp³-hybridized carbons (Fsp3) is 0.833. The van der Waals surface area contributed by atoms with E-state index in [1.165, 1.54) is 7.11 Å². The minimum Gasteiger partial charge on any atom is -0.450 e. The topological polar surface area (TPSA) is 67.9 Å². The average molecular weight is 258 g/mol. The van der Waals surface area contributed by atoms with Crippen LogP contribution in [-0.4, -0.2) is 55.9 Å². The van der Waals surface area contributed by atoms with Gasteiger partial charge in [-0.1, -0.05) is 0 Å². The third-order valence-corrected chi connectivity index (χ3v) is 3.09. The molecule has 1 aliphatic heterocycles. The van der Waals surface area contributed by atoms with E-state index in [0.29, 0.717) is 19.7 Å². The Bertz CT molecular complexity index is 288. The van der Waals surface area contributed by atoms with E-state index < -0.39 is 6.10 Å². The quantitative estimate of drug-likeness (QED) is 0.808. The summed E-state index contributed by atoms with van der Waals surface area (Å²) in [6, 6.07) is 0.112. The Kier molecular flexibility index (Phi) is 5.91. The van der Waals surface area contributed by atoms with Gasteiger partial charge in [-0.05, 0) is 26.7 Å². The Balaban J connectivity index is 2.31. The molecule has 6 nitrogen and oxygen atoms in total. The van der Waals surface area contributed by atoms with Crippen LogP contribution in [0.5, 0.6) is 0 Å². The average Bonchev–Trinajstić information content (AvgIpc) is 2.38. The Morgan fingerprint density at radius 2 is 2.00 bits per heavy atom. The molecule has 6 heteroatoms. The molecule has 1 rings (SSSR count). The van der Waals surface area contributed by atoms with Crippen molar-refractivity contribution in [3.8, 4) is 0 Å². The zero-order valence-electron chi connectivity index (χ0n) is 11.3. The van der Waals surface area contributed by atoms with Crippen molar-refractivity contribution in [1.29, 1.82) is 0 Å². The van der Waals surface area contributed by atoms with Crippen molar-refractivity contribution < 1.29 is 19.1 Å². The summed E-state index contributed by atoms with van der Waals surface area (Å²) in [5.74, 6) is -0.105. The summed E-state index contributed by atoms with van der Waals surface area (Å²) >= 11 is 0. The molecular weight excluding hydrogens is 236 g/mol. The molecule has 0 aromatic heterocycles. The summed E-state index contributed by atoms with van der Waals surface area (Å²) < 4.78 is 9.88. The van der Waals surface area contributed by atoms with E-state index in [1.54, 1.807) is 18.7 Å². The number of likely N-dealkylation sites (tertiary alicyclic amines) is 1. The maximum absolute atomic E-state index is 11.6. The van der Waals surface area contributed by atoms with Gasteiger partial charge in [-0.25, -0.2) is 4.79 Å². The van der Waals surface area contributed by atoms with Gasteiger partial charge in [0.1, 0.15) is 6.10 Å². The van der Waals surface area contributed by atoms with Crippen LogP contribution in [0.3, 0.4) is 0 Å². The van der Waals surface area contributed by atoms with Gasteiger partial charge in [0, 0.05) is 26.2 Å². The monoisotopic (exact) mass is 258 g/mol. The molecule has 104 valence electrons. The second kappa shape index (κ2) is 7.20. The van der Waals surface area contributed by atoms with Gasteiger partial charge in [0.2, 0.25) is 5.91 Å². The standard InChI is InChI=1S/C12H22N2O4/c1-4-18-12(16)14-7-5-10(6-8-14)13-11(15)9(2)17-3/h9-10H,4-8H2,1-3H3,(H,13,15). The second-order valence-electron chi connectivity index (χ2n) is 4.35. The molecule has 0 bridgehead atoms. The lowest BCUT2D eigenvalue weighted by Gasteiger charge is -2.32. The van der Waals surface area contributed by atoms with Crippen molar-refractivity contribution in [1.82, 2.24) is 10.2 Å². The highest BCUT2D eigenvalue weighted by Gasteiger charge is 2.25. The lowest BCUT2D eigenvalue weighted by molar-refractivity contribution is -0.131. The zero-order chi connectivity index (χ0) is 13.5. The SMILES string of the molecule is CCOC(=O)N1CCC(NC(=O)C(C)OC)CC1. The Morgan fingerprint density at radius 1 is 1.39 bits per heavy atom. The predicted octanol–water partition coefficient (Wildman–Crippen LogP) is 0.758. The number of carbonyl (C=O) groups is 2. The molecule has 0 spiro atoms. The Morgan fingerprint density at radius 3 is 2.50 bits per heavy atom. The van der Waals surface area contributed by atoms with Crippen LogP contribution in [0.15, 0.2) is 0 Å². The first-order valence-electron chi connectivity index (χ1n) is 6.33. The summed E-state index contributed by atoms with van der Waals surface area (Å²) in [6.45, 7) is 5.12. The second-order valence-corrected chi connectivity index (χ2v) is 4.35. The first kappa shape index (κ1) is 14.8. The van der Waals surface area contributed by atoms with Crippen molar-refractivity contribution in [2.45, 2.75) is 38.8 Å². The summed E-state index contributed by atoms with van der Waals surface area (Å²) in [4.78, 5) is 24.8. The maximum Gasteiger partial charge on any atom is 0.409 e. The zero-order valence-corrected chi connectivity index (χ0v) is 11.3. The van der Waals surface area contributed by atoms with E-state index in [1.807, 2.05) is 0 Å². The molecule has 0 aromatic rings. The van der Waals surface area contributed by atoms with Crippen LogP contribution in [0.25, 0.3) is 0 Å². The maximum atomic E-state index is 11.6. The van der Waals surface area contributed by atoms with E-state index in [9.17, 15) is 9.59 Å². The van der Waals surface area contributed by atoms with Gasteiger partial charge in [-0.2, -0.15) is 0 Å². The molecule has 1 unspecified atom stereocenters. The molecule has 1 atom stereocenters. The number of carbonyl (C=O) groups excluding carboxylic acids is 2. The smallest absolute Gasteiger partial charge is 0.409 e. The lowest BCUT2D eigenvalue weighted by Crippen LogP contribution is -2.48. The van der Waals surface area contributed by atoms with Crippen molar-refractivity contribution in [3.63, 3.8) is 0 Å². The van der Waals surface area contributed by atoms with Gasteiger partial charge >= 0.3 is 6.09 Å². The molecule has 1 saturated heterocycles. The van der Waals surface area contributed by atoms with Crippen LogP contribution in [0.4, 0.5) is 4.79 Å². The van der Waals surface area contributed by atoms with E-state index in [4.69, 9.17) is 9.47 Å². The number of methoxy groups -OCH3 is 1. The molecular formula is C12H22N2O4. The van der Waals surface area contributed by atoms with E-state index in [-0.39, 0.29) is 18.0 Å². The molecule has 0 aliphatic carbocycles. The number of nitrogens with one attached hydrogen (secondary N) is 1. The minimum atomic E-state index is -0.437. The summed E-state index contributed by atoms with van der Waals surface area (Å²) in [6.07, 6.45) is 0.794. The highest BCUT2D eigenvalue weighted by atomic mass is 16.6. The first-order chi connectivity index (χ1) is 8.58. The molecule has 2 amide bonds. The van der Waals surface area contributed by atoms with Gasteiger partial charge in [0.25, 0.3) is 0 Å². The van der Waals surface area contributed by atoms with Crippen molar-refractivity contribution in [2.24, 2.45) is 0 Å². The van der Waals surface area contributed by atoms with Gasteiger partial charge in [0.15, 0.2) is 0 Å². The number of amides is 2. The fourth-order valence-corrected chi connectivity index (χ4v) is 1.85. The summed E-state index contributed by atoms with van der Waals surface area (Å²) in [5.41, 5.74) is 0. The van der Waals surface area contributed by atoms with E-state index in [2.05, 4.69) is 5.32 Å². The van der Waals surface area contributed by atoms with Gasteiger partial charge < -0.3 is 19.7 Å². The van der Waals surface area contributed by atoms with Crippen LogP contribution in [0.2, 0.25) is 0 Å². The van der Waals surface area contributed by atoms with Crippen molar-refractivity contribution in [2.75, 3.05) is 26.8 Å². The number of piperidine rings is 1. The van der Waals surface area contributed by atoms with Crippen molar-refractivity contribution in [3.05, 3.63) is 0 Å². The minimum absolute atomic E-state index is 0.105. The van der Waals surface area contributed by atoms with E-state index >= 15 is 0 Å². The largest absolute Gasteiger partial charge is 0.450 e. The normalized spacial score (nSPS) is 18.3. The van der Waals surface area contributed by atoms with Crippen LogP contribution in [0.1, 0.15) is 26.7 Å². The Hall–Kier alpha value is -1.30. The highest BCUT2D eigenvalue weighted by Crippen LogP contribution is 2.11. The van der Waals surface area contributed by atoms with E-state index in [0.717, 1.165) is 12.8 Å². The molecule has 1 aliphatic rings. The highest BCUT2D eigenvalue weighted by molar-refractivity contribution is 5.80. The number of hydrogen-bond donors (Lipinski definition) is 1. The number of rotatable bonds is 4. The molecule has 0 aromatic carbocycles. The number of nitrogens with zero attached hydrogens (tertiary/aromatic N) is 1. The van der Waals surface area contributed by atoms with Crippen LogP contribution < -0.4 is 5.32 Å². The van der Waals surface area contributed by atoms with Crippen LogP contribution in [-0.2, 0) is 14.3 Å². The molecule has 1 fully saturated rings. The summed E-state index contributed by atoms with van der Waals surface area (Å²) in [5, 5.41) is 2.92. The van der Waals surface area contributed by atoms with Crippen LogP contribution >= 0.6 is 0 Å².